The van der Waals surface area contributed by atoms with Crippen LogP contribution >= 0.6 is 0 Å². The van der Waals surface area contributed by atoms with Crippen molar-refractivity contribution >= 4 is 11.9 Å². The fourth-order valence-electron chi connectivity index (χ4n) is 2.61. The van der Waals surface area contributed by atoms with Gasteiger partial charge in [0.15, 0.2) is 11.5 Å². The third-order valence-electron chi connectivity index (χ3n) is 3.76. The van der Waals surface area contributed by atoms with E-state index in [0.29, 0.717) is 19.3 Å². The summed E-state index contributed by atoms with van der Waals surface area (Å²) >= 11 is 0. The van der Waals surface area contributed by atoms with E-state index >= 15 is 0 Å². The Hall–Kier alpha value is -2.38. The van der Waals surface area contributed by atoms with E-state index in [9.17, 15) is 18.4 Å². The Kier molecular flexibility index (Phi) is 5.36. The SMILES string of the molecule is COc1ccc(C(=O)N[C@@H]2CC[C@H](C(=O)O)C2)cc1OC(F)F. The second-order valence-corrected chi connectivity index (χ2v) is 5.26. The number of aliphatic carboxylic acids is 1. The summed E-state index contributed by atoms with van der Waals surface area (Å²) in [5, 5.41) is 11.7. The van der Waals surface area contributed by atoms with Crippen LogP contribution in [0.25, 0.3) is 0 Å². The van der Waals surface area contributed by atoms with Gasteiger partial charge in [-0.1, -0.05) is 0 Å². The second kappa shape index (κ2) is 7.26. The summed E-state index contributed by atoms with van der Waals surface area (Å²) in [5.41, 5.74) is 0.139. The molecule has 1 aliphatic carbocycles. The number of carbonyl (C=O) groups is 2. The summed E-state index contributed by atoms with van der Waals surface area (Å²) in [6.07, 6.45) is 1.43. The number of alkyl halides is 2. The van der Waals surface area contributed by atoms with Crippen LogP contribution in [-0.4, -0.2) is 36.7 Å². The first-order chi connectivity index (χ1) is 10.9. The smallest absolute Gasteiger partial charge is 0.387 e. The van der Waals surface area contributed by atoms with Gasteiger partial charge in [-0.3, -0.25) is 9.59 Å². The van der Waals surface area contributed by atoms with Crippen LogP contribution in [0.3, 0.4) is 0 Å². The third-order valence-corrected chi connectivity index (χ3v) is 3.76. The fraction of sp³-hybridized carbons (Fsp3) is 0.467. The maximum absolute atomic E-state index is 12.4. The zero-order valence-corrected chi connectivity index (χ0v) is 12.4. The van der Waals surface area contributed by atoms with Gasteiger partial charge in [-0.2, -0.15) is 8.78 Å². The molecule has 126 valence electrons. The van der Waals surface area contributed by atoms with Crippen LogP contribution in [0.2, 0.25) is 0 Å². The Morgan fingerprint density at radius 1 is 1.30 bits per heavy atom. The van der Waals surface area contributed by atoms with E-state index < -0.39 is 24.4 Å². The predicted molar refractivity (Wildman–Crippen MR) is 75.9 cm³/mol. The molecule has 2 rings (SSSR count). The van der Waals surface area contributed by atoms with E-state index in [2.05, 4.69) is 10.1 Å². The summed E-state index contributed by atoms with van der Waals surface area (Å²) < 4.78 is 34.0. The standard InChI is InChI=1S/C15H17F2NO5/c1-22-11-5-3-8(7-12(11)23-15(16)17)13(19)18-10-4-2-9(6-10)14(20)21/h3,5,7,9-10,15H,2,4,6H2,1H3,(H,18,19)(H,20,21)/t9-,10+/m0/s1. The Morgan fingerprint density at radius 2 is 2.04 bits per heavy atom. The van der Waals surface area contributed by atoms with Gasteiger partial charge >= 0.3 is 12.6 Å². The van der Waals surface area contributed by atoms with Crippen molar-refractivity contribution in [3.63, 3.8) is 0 Å². The molecule has 1 amide bonds. The highest BCUT2D eigenvalue weighted by Gasteiger charge is 2.30. The van der Waals surface area contributed by atoms with E-state index in [1.54, 1.807) is 0 Å². The minimum absolute atomic E-state index is 0.0913. The zero-order valence-electron chi connectivity index (χ0n) is 12.4. The van der Waals surface area contributed by atoms with Crippen molar-refractivity contribution in [3.8, 4) is 11.5 Å². The molecule has 0 radical (unpaired) electrons. The summed E-state index contributed by atoms with van der Waals surface area (Å²) in [5.74, 6) is -1.95. The Bertz CT molecular complexity index is 593. The molecular formula is C15H17F2NO5. The molecule has 1 aliphatic rings. The molecule has 8 heteroatoms. The van der Waals surface area contributed by atoms with Gasteiger partial charge in [0.05, 0.1) is 13.0 Å². The maximum Gasteiger partial charge on any atom is 0.387 e. The van der Waals surface area contributed by atoms with Crippen LogP contribution in [0.4, 0.5) is 8.78 Å². The van der Waals surface area contributed by atoms with Gasteiger partial charge in [0, 0.05) is 11.6 Å². The molecule has 6 nitrogen and oxygen atoms in total. The van der Waals surface area contributed by atoms with Crippen molar-refractivity contribution in [2.45, 2.75) is 31.9 Å². The fourth-order valence-corrected chi connectivity index (χ4v) is 2.61. The molecule has 0 aliphatic heterocycles. The van der Waals surface area contributed by atoms with Crippen LogP contribution < -0.4 is 14.8 Å². The van der Waals surface area contributed by atoms with Crippen molar-refractivity contribution < 1.29 is 33.0 Å². The lowest BCUT2D eigenvalue weighted by molar-refractivity contribution is -0.141. The van der Waals surface area contributed by atoms with Gasteiger partial charge in [-0.25, -0.2) is 0 Å². The topological polar surface area (TPSA) is 84.9 Å². The van der Waals surface area contributed by atoms with Crippen LogP contribution in [0, 0.1) is 5.92 Å². The van der Waals surface area contributed by atoms with Gasteiger partial charge in [0.2, 0.25) is 0 Å². The van der Waals surface area contributed by atoms with Crippen LogP contribution in [0.1, 0.15) is 29.6 Å². The second-order valence-electron chi connectivity index (χ2n) is 5.26. The summed E-state index contributed by atoms with van der Waals surface area (Å²) in [6, 6.07) is 3.71. The number of halogens is 2. The molecule has 0 bridgehead atoms. The van der Waals surface area contributed by atoms with E-state index in [1.807, 2.05) is 0 Å². The summed E-state index contributed by atoms with van der Waals surface area (Å²) in [7, 11) is 1.30. The molecular weight excluding hydrogens is 312 g/mol. The highest BCUT2D eigenvalue weighted by Crippen LogP contribution is 2.30. The van der Waals surface area contributed by atoms with Crippen molar-refractivity contribution in [1.29, 1.82) is 0 Å². The number of carboxylic acids is 1. The van der Waals surface area contributed by atoms with Gasteiger partial charge in [0.1, 0.15) is 0 Å². The number of benzene rings is 1. The Morgan fingerprint density at radius 3 is 2.61 bits per heavy atom. The van der Waals surface area contributed by atoms with Crippen molar-refractivity contribution in [2.75, 3.05) is 7.11 Å². The lowest BCUT2D eigenvalue weighted by Crippen LogP contribution is -2.33. The zero-order chi connectivity index (χ0) is 17.0. The summed E-state index contributed by atoms with van der Waals surface area (Å²) in [6.45, 7) is -3.03. The number of hydrogen-bond donors (Lipinski definition) is 2. The van der Waals surface area contributed by atoms with Gasteiger partial charge in [0.25, 0.3) is 5.91 Å². The monoisotopic (exact) mass is 329 g/mol. The Balaban J connectivity index is 2.06. The molecule has 23 heavy (non-hydrogen) atoms. The quantitative estimate of drug-likeness (QED) is 0.836. The van der Waals surface area contributed by atoms with Gasteiger partial charge in [-0.15, -0.1) is 0 Å². The lowest BCUT2D eigenvalue weighted by atomic mass is 10.1. The normalized spacial score (nSPS) is 20.3. The van der Waals surface area contributed by atoms with E-state index in [0.717, 1.165) is 0 Å². The molecule has 2 atom stereocenters. The summed E-state index contributed by atoms with van der Waals surface area (Å²) in [4.78, 5) is 23.1. The average molecular weight is 329 g/mol. The number of rotatable bonds is 6. The predicted octanol–water partition coefficient (Wildman–Crippen LogP) is 2.28. The average Bonchev–Trinajstić information content (AvgIpc) is 2.95. The van der Waals surface area contributed by atoms with Crippen LogP contribution in [0.5, 0.6) is 11.5 Å². The Labute approximate surface area is 131 Å². The van der Waals surface area contributed by atoms with Crippen molar-refractivity contribution in [2.24, 2.45) is 5.92 Å². The number of amides is 1. The molecule has 0 aromatic heterocycles. The minimum Gasteiger partial charge on any atom is -0.493 e. The van der Waals surface area contributed by atoms with Crippen molar-refractivity contribution in [1.82, 2.24) is 5.32 Å². The molecule has 0 spiro atoms. The van der Waals surface area contributed by atoms with E-state index in [4.69, 9.17) is 9.84 Å². The number of hydrogen-bond acceptors (Lipinski definition) is 4. The number of carbonyl (C=O) groups excluding carboxylic acids is 1. The van der Waals surface area contributed by atoms with Gasteiger partial charge in [-0.05, 0) is 37.5 Å². The molecule has 2 N–H and O–H groups in total. The van der Waals surface area contributed by atoms with E-state index in [-0.39, 0.29) is 23.1 Å². The minimum atomic E-state index is -3.03. The number of methoxy groups -OCH3 is 1. The first kappa shape index (κ1) is 17.0. The van der Waals surface area contributed by atoms with Gasteiger partial charge < -0.3 is 19.9 Å². The highest BCUT2D eigenvalue weighted by molar-refractivity contribution is 5.95. The lowest BCUT2D eigenvalue weighted by Gasteiger charge is -2.14. The number of ether oxygens (including phenoxy) is 2. The molecule has 0 unspecified atom stereocenters. The number of carboxylic acid groups (broad SMARTS) is 1. The largest absolute Gasteiger partial charge is 0.493 e. The maximum atomic E-state index is 12.4. The number of nitrogens with one attached hydrogen (secondary N) is 1. The first-order valence-corrected chi connectivity index (χ1v) is 7.07. The van der Waals surface area contributed by atoms with Crippen LogP contribution in [-0.2, 0) is 4.79 Å². The molecule has 1 saturated carbocycles. The highest BCUT2D eigenvalue weighted by atomic mass is 19.3. The molecule has 0 heterocycles. The molecule has 0 saturated heterocycles. The molecule has 1 aromatic rings. The third kappa shape index (κ3) is 4.30. The molecule has 1 aromatic carbocycles. The van der Waals surface area contributed by atoms with Crippen molar-refractivity contribution in [3.05, 3.63) is 23.8 Å². The van der Waals surface area contributed by atoms with E-state index in [1.165, 1.54) is 25.3 Å². The van der Waals surface area contributed by atoms with Crippen LogP contribution in [0.15, 0.2) is 18.2 Å². The first-order valence-electron chi connectivity index (χ1n) is 7.07. The molecule has 1 fully saturated rings.